The lowest BCUT2D eigenvalue weighted by Gasteiger charge is -2.17. The molecule has 0 aliphatic carbocycles. The lowest BCUT2D eigenvalue weighted by atomic mass is 10.1. The molecule has 1 atom stereocenters. The highest BCUT2D eigenvalue weighted by molar-refractivity contribution is 5.35. The lowest BCUT2D eigenvalue weighted by Crippen LogP contribution is -2.19. The van der Waals surface area contributed by atoms with Gasteiger partial charge in [0.25, 0.3) is 0 Å². The smallest absolute Gasteiger partial charge is 0.127 e. The maximum atomic E-state index is 13.5. The first-order chi connectivity index (χ1) is 9.61. The van der Waals surface area contributed by atoms with Gasteiger partial charge in [-0.3, -0.25) is 0 Å². The molecule has 106 valence electrons. The summed E-state index contributed by atoms with van der Waals surface area (Å²) in [6, 6.07) is 11.0. The van der Waals surface area contributed by atoms with Gasteiger partial charge in [0.1, 0.15) is 17.4 Å². The van der Waals surface area contributed by atoms with Crippen molar-refractivity contribution in [3.63, 3.8) is 0 Å². The summed E-state index contributed by atoms with van der Waals surface area (Å²) < 4.78 is 31.9. The van der Waals surface area contributed by atoms with Gasteiger partial charge in [-0.25, -0.2) is 8.78 Å². The molecule has 2 rings (SSSR count). The molecule has 0 spiro atoms. The minimum Gasteiger partial charge on any atom is -0.496 e. The minimum absolute atomic E-state index is 0.0335. The van der Waals surface area contributed by atoms with Crippen LogP contribution < -0.4 is 10.1 Å². The van der Waals surface area contributed by atoms with Gasteiger partial charge < -0.3 is 10.1 Å². The van der Waals surface area contributed by atoms with Crippen molar-refractivity contribution in [1.29, 1.82) is 0 Å². The van der Waals surface area contributed by atoms with Crippen LogP contribution in [0.2, 0.25) is 0 Å². The number of ether oxygens (including phenoxy) is 1. The zero-order valence-corrected chi connectivity index (χ0v) is 11.5. The van der Waals surface area contributed by atoms with E-state index < -0.39 is 11.6 Å². The molecule has 2 aromatic rings. The van der Waals surface area contributed by atoms with Gasteiger partial charge in [0, 0.05) is 23.7 Å². The summed E-state index contributed by atoms with van der Waals surface area (Å²) in [5.41, 5.74) is 1.29. The fourth-order valence-corrected chi connectivity index (χ4v) is 2.08. The van der Waals surface area contributed by atoms with Gasteiger partial charge in [0.15, 0.2) is 0 Å². The van der Waals surface area contributed by atoms with Gasteiger partial charge in [0.2, 0.25) is 0 Å². The Labute approximate surface area is 117 Å². The molecule has 0 saturated heterocycles. The first-order valence-electron chi connectivity index (χ1n) is 6.42. The van der Waals surface area contributed by atoms with Gasteiger partial charge in [-0.05, 0) is 31.2 Å². The molecule has 2 aromatic carbocycles. The van der Waals surface area contributed by atoms with Crippen LogP contribution in [0.4, 0.5) is 8.78 Å². The van der Waals surface area contributed by atoms with Crippen molar-refractivity contribution in [2.24, 2.45) is 0 Å². The van der Waals surface area contributed by atoms with Gasteiger partial charge in [-0.2, -0.15) is 0 Å². The van der Waals surface area contributed by atoms with E-state index in [2.05, 4.69) is 5.32 Å². The zero-order chi connectivity index (χ0) is 14.5. The van der Waals surface area contributed by atoms with E-state index in [1.807, 2.05) is 31.2 Å². The SMILES string of the molecule is COc1ccccc1C(C)NCc1cc(F)ccc1F. The summed E-state index contributed by atoms with van der Waals surface area (Å²) in [5.74, 6) is -0.0773. The molecule has 0 heterocycles. The second kappa shape index (κ2) is 6.48. The first kappa shape index (κ1) is 14.5. The number of halogens is 2. The van der Waals surface area contributed by atoms with Gasteiger partial charge in [0.05, 0.1) is 7.11 Å². The van der Waals surface area contributed by atoms with E-state index in [1.54, 1.807) is 7.11 Å². The van der Waals surface area contributed by atoms with E-state index in [9.17, 15) is 8.78 Å². The third kappa shape index (κ3) is 3.33. The van der Waals surface area contributed by atoms with E-state index in [0.717, 1.165) is 23.4 Å². The third-order valence-corrected chi connectivity index (χ3v) is 3.21. The van der Waals surface area contributed by atoms with E-state index in [1.165, 1.54) is 6.07 Å². The van der Waals surface area contributed by atoms with Crippen molar-refractivity contribution in [3.05, 3.63) is 65.2 Å². The van der Waals surface area contributed by atoms with Crippen LogP contribution in [-0.4, -0.2) is 7.11 Å². The fourth-order valence-electron chi connectivity index (χ4n) is 2.08. The summed E-state index contributed by atoms with van der Waals surface area (Å²) in [6.45, 7) is 2.21. The minimum atomic E-state index is -0.437. The molecule has 0 aliphatic rings. The Morgan fingerprint density at radius 2 is 1.90 bits per heavy atom. The topological polar surface area (TPSA) is 21.3 Å². The Balaban J connectivity index is 2.08. The number of nitrogens with one attached hydrogen (secondary N) is 1. The fraction of sp³-hybridized carbons (Fsp3) is 0.250. The number of methoxy groups -OCH3 is 1. The summed E-state index contributed by atoms with van der Waals surface area (Å²) in [5, 5.41) is 3.17. The second-order valence-corrected chi connectivity index (χ2v) is 4.58. The molecule has 0 aliphatic heterocycles. The van der Waals surface area contributed by atoms with Crippen molar-refractivity contribution < 1.29 is 13.5 Å². The Kier molecular flexibility index (Phi) is 4.69. The number of hydrogen-bond donors (Lipinski definition) is 1. The summed E-state index contributed by atoms with van der Waals surface area (Å²) in [6.07, 6.45) is 0. The van der Waals surface area contributed by atoms with E-state index in [4.69, 9.17) is 4.74 Å². The number of benzene rings is 2. The quantitative estimate of drug-likeness (QED) is 0.897. The van der Waals surface area contributed by atoms with Gasteiger partial charge >= 0.3 is 0 Å². The Morgan fingerprint density at radius 3 is 2.65 bits per heavy atom. The van der Waals surface area contributed by atoms with Crippen LogP contribution in [0.3, 0.4) is 0 Å². The highest BCUT2D eigenvalue weighted by Crippen LogP contribution is 2.24. The summed E-state index contributed by atoms with van der Waals surface area (Å²) in [4.78, 5) is 0. The standard InChI is InChI=1S/C16H17F2NO/c1-11(14-5-3-4-6-16(14)20-2)19-10-12-9-13(17)7-8-15(12)18/h3-9,11,19H,10H2,1-2H3. The largest absolute Gasteiger partial charge is 0.496 e. The Morgan fingerprint density at radius 1 is 1.15 bits per heavy atom. The predicted molar refractivity (Wildman–Crippen MR) is 74.6 cm³/mol. The Bertz CT molecular complexity index is 586. The van der Waals surface area contributed by atoms with E-state index >= 15 is 0 Å². The first-order valence-corrected chi connectivity index (χ1v) is 6.42. The molecular formula is C16H17F2NO. The molecule has 0 amide bonds. The molecule has 0 radical (unpaired) electrons. The monoisotopic (exact) mass is 277 g/mol. The average Bonchev–Trinajstić information content (AvgIpc) is 2.47. The van der Waals surface area contributed by atoms with Crippen LogP contribution in [0.5, 0.6) is 5.75 Å². The molecule has 0 bridgehead atoms. The van der Waals surface area contributed by atoms with Crippen LogP contribution in [-0.2, 0) is 6.54 Å². The summed E-state index contributed by atoms with van der Waals surface area (Å²) >= 11 is 0. The number of para-hydroxylation sites is 1. The molecular weight excluding hydrogens is 260 g/mol. The average molecular weight is 277 g/mol. The molecule has 0 saturated carbocycles. The van der Waals surface area contributed by atoms with Crippen LogP contribution in [0.15, 0.2) is 42.5 Å². The third-order valence-electron chi connectivity index (χ3n) is 3.21. The van der Waals surface area contributed by atoms with Crippen molar-refractivity contribution in [2.75, 3.05) is 7.11 Å². The van der Waals surface area contributed by atoms with E-state index in [0.29, 0.717) is 5.56 Å². The van der Waals surface area contributed by atoms with Crippen LogP contribution in [0.25, 0.3) is 0 Å². The molecule has 0 aromatic heterocycles. The van der Waals surface area contributed by atoms with Crippen LogP contribution in [0.1, 0.15) is 24.1 Å². The maximum Gasteiger partial charge on any atom is 0.127 e. The van der Waals surface area contributed by atoms with Crippen molar-refractivity contribution in [2.45, 2.75) is 19.5 Å². The van der Waals surface area contributed by atoms with Gasteiger partial charge in [-0.1, -0.05) is 18.2 Å². The van der Waals surface area contributed by atoms with Gasteiger partial charge in [-0.15, -0.1) is 0 Å². The van der Waals surface area contributed by atoms with Crippen LogP contribution >= 0.6 is 0 Å². The molecule has 2 nitrogen and oxygen atoms in total. The number of hydrogen-bond acceptors (Lipinski definition) is 2. The normalized spacial score (nSPS) is 12.2. The predicted octanol–water partition coefficient (Wildman–Crippen LogP) is 3.82. The van der Waals surface area contributed by atoms with Crippen molar-refractivity contribution in [3.8, 4) is 5.75 Å². The molecule has 1 N–H and O–H groups in total. The zero-order valence-electron chi connectivity index (χ0n) is 11.5. The molecule has 1 unspecified atom stereocenters. The molecule has 0 fully saturated rings. The van der Waals surface area contributed by atoms with Crippen LogP contribution in [0, 0.1) is 11.6 Å². The molecule has 20 heavy (non-hydrogen) atoms. The highest BCUT2D eigenvalue weighted by Gasteiger charge is 2.11. The van der Waals surface area contributed by atoms with Crippen molar-refractivity contribution >= 4 is 0 Å². The van der Waals surface area contributed by atoms with E-state index in [-0.39, 0.29) is 12.6 Å². The van der Waals surface area contributed by atoms with Crippen molar-refractivity contribution in [1.82, 2.24) is 5.32 Å². The number of rotatable bonds is 5. The lowest BCUT2D eigenvalue weighted by molar-refractivity contribution is 0.401. The second-order valence-electron chi connectivity index (χ2n) is 4.58. The Hall–Kier alpha value is -1.94. The summed E-state index contributed by atoms with van der Waals surface area (Å²) in [7, 11) is 1.61. The highest BCUT2D eigenvalue weighted by atomic mass is 19.1. The maximum absolute atomic E-state index is 13.5. The molecule has 4 heteroatoms.